The first-order valence-corrected chi connectivity index (χ1v) is 8.16. The summed E-state index contributed by atoms with van der Waals surface area (Å²) in [5, 5.41) is 0.661. The number of nitrogens with zero attached hydrogens (tertiary/aromatic N) is 1. The molecule has 1 aliphatic rings. The summed E-state index contributed by atoms with van der Waals surface area (Å²) >= 11 is 0. The van der Waals surface area contributed by atoms with Crippen molar-refractivity contribution >= 4 is 16.9 Å². The van der Waals surface area contributed by atoms with Crippen LogP contribution >= 0.6 is 0 Å². The lowest BCUT2D eigenvalue weighted by molar-refractivity contribution is -0.145. The van der Waals surface area contributed by atoms with Crippen LogP contribution in [0, 0.1) is 12.8 Å². The van der Waals surface area contributed by atoms with Gasteiger partial charge in [-0.05, 0) is 50.8 Å². The van der Waals surface area contributed by atoms with Gasteiger partial charge in [0.25, 0.3) is 5.91 Å². The molecule has 0 radical (unpaired) electrons. The van der Waals surface area contributed by atoms with Gasteiger partial charge in [-0.15, -0.1) is 0 Å². The van der Waals surface area contributed by atoms with Crippen LogP contribution in [0.2, 0.25) is 0 Å². The van der Waals surface area contributed by atoms with Crippen molar-refractivity contribution in [3.8, 4) is 5.75 Å². The molecule has 3 rings (SSSR count). The maximum Gasteiger partial charge on any atom is 0.406 e. The fraction of sp³-hybridized carbons (Fsp3) is 0.500. The van der Waals surface area contributed by atoms with Gasteiger partial charge in [0.2, 0.25) is 0 Å². The van der Waals surface area contributed by atoms with Gasteiger partial charge in [0.1, 0.15) is 17.9 Å². The van der Waals surface area contributed by atoms with Crippen LogP contribution in [0.5, 0.6) is 5.75 Å². The quantitative estimate of drug-likeness (QED) is 0.790. The Bertz CT molecular complexity index is 793. The lowest BCUT2D eigenvalue weighted by atomic mass is 10.1. The van der Waals surface area contributed by atoms with Crippen LogP contribution in [0.1, 0.15) is 35.9 Å². The summed E-state index contributed by atoms with van der Waals surface area (Å²) in [5.74, 6) is -0.0469. The molecule has 0 saturated heterocycles. The zero-order chi connectivity index (χ0) is 18.4. The highest BCUT2D eigenvalue weighted by Gasteiger charge is 2.42. The molecule has 1 fully saturated rings. The first-order valence-electron chi connectivity index (χ1n) is 8.16. The van der Waals surface area contributed by atoms with E-state index in [4.69, 9.17) is 9.15 Å². The van der Waals surface area contributed by atoms with Crippen molar-refractivity contribution < 1.29 is 27.1 Å². The van der Waals surface area contributed by atoms with Gasteiger partial charge in [0, 0.05) is 17.0 Å². The summed E-state index contributed by atoms with van der Waals surface area (Å²) in [6.45, 7) is 2.07. The zero-order valence-corrected chi connectivity index (χ0v) is 14.3. The average molecular weight is 355 g/mol. The third-order valence-corrected chi connectivity index (χ3v) is 4.74. The van der Waals surface area contributed by atoms with Crippen molar-refractivity contribution in [1.82, 2.24) is 4.90 Å². The number of furan rings is 1. The van der Waals surface area contributed by atoms with Crippen molar-refractivity contribution in [2.75, 3.05) is 13.7 Å². The molecule has 0 aliphatic heterocycles. The van der Waals surface area contributed by atoms with Crippen molar-refractivity contribution in [2.45, 2.75) is 38.9 Å². The van der Waals surface area contributed by atoms with Crippen molar-refractivity contribution in [2.24, 2.45) is 5.92 Å². The highest BCUT2D eigenvalue weighted by atomic mass is 19.4. The monoisotopic (exact) mass is 355 g/mol. The van der Waals surface area contributed by atoms with E-state index in [1.54, 1.807) is 32.0 Å². The Kier molecular flexibility index (Phi) is 4.43. The summed E-state index contributed by atoms with van der Waals surface area (Å²) in [5.41, 5.74) is 0.974. The summed E-state index contributed by atoms with van der Waals surface area (Å²) in [7, 11) is 1.52. The largest absolute Gasteiger partial charge is 0.497 e. The number of ether oxygens (including phenoxy) is 1. The second kappa shape index (κ2) is 6.28. The topological polar surface area (TPSA) is 42.7 Å². The summed E-state index contributed by atoms with van der Waals surface area (Å²) in [6.07, 6.45) is -2.76. The van der Waals surface area contributed by atoms with Gasteiger partial charge in [-0.1, -0.05) is 0 Å². The van der Waals surface area contributed by atoms with E-state index in [-0.39, 0.29) is 11.7 Å². The molecule has 136 valence electrons. The smallest absolute Gasteiger partial charge is 0.406 e. The molecule has 2 aromatic rings. The number of methoxy groups -OCH3 is 1. The van der Waals surface area contributed by atoms with Gasteiger partial charge < -0.3 is 14.1 Å². The van der Waals surface area contributed by atoms with Crippen LogP contribution in [0.3, 0.4) is 0 Å². The van der Waals surface area contributed by atoms with Crippen LogP contribution < -0.4 is 4.74 Å². The van der Waals surface area contributed by atoms with E-state index >= 15 is 0 Å². The second-order valence-corrected chi connectivity index (χ2v) is 6.54. The van der Waals surface area contributed by atoms with E-state index in [9.17, 15) is 18.0 Å². The van der Waals surface area contributed by atoms with Gasteiger partial charge in [-0.25, -0.2) is 0 Å². The van der Waals surface area contributed by atoms with Gasteiger partial charge in [0.05, 0.1) is 7.11 Å². The fourth-order valence-corrected chi connectivity index (χ4v) is 3.09. The highest BCUT2D eigenvalue weighted by Crippen LogP contribution is 2.38. The molecule has 0 unspecified atom stereocenters. The second-order valence-electron chi connectivity index (χ2n) is 6.54. The van der Waals surface area contributed by atoms with E-state index in [0.717, 1.165) is 17.7 Å². The summed E-state index contributed by atoms with van der Waals surface area (Å²) in [6, 6.07) is 4.57. The molecule has 1 atom stereocenters. The number of carbonyl (C=O) groups excluding carboxylic acids is 1. The molecule has 0 bridgehead atoms. The SMILES string of the molecule is COc1ccc2oc(C(=O)N(CC(F)(F)F)[C@@H](C)C3CC3)c(C)c2c1. The van der Waals surface area contributed by atoms with Crippen molar-refractivity contribution in [1.29, 1.82) is 0 Å². The highest BCUT2D eigenvalue weighted by molar-refractivity contribution is 5.99. The minimum Gasteiger partial charge on any atom is -0.497 e. The molecule has 1 heterocycles. The van der Waals surface area contributed by atoms with Crippen LogP contribution in [0.4, 0.5) is 13.2 Å². The fourth-order valence-electron chi connectivity index (χ4n) is 3.09. The predicted octanol–water partition coefficient (Wildman–Crippen LogP) is 4.55. The van der Waals surface area contributed by atoms with E-state index in [1.807, 2.05) is 0 Å². The summed E-state index contributed by atoms with van der Waals surface area (Å²) < 4.78 is 49.7. The van der Waals surface area contributed by atoms with E-state index in [2.05, 4.69) is 0 Å². The van der Waals surface area contributed by atoms with Crippen molar-refractivity contribution in [3.63, 3.8) is 0 Å². The maximum absolute atomic E-state index is 13.0. The maximum atomic E-state index is 13.0. The minimum absolute atomic E-state index is 0.0417. The lowest BCUT2D eigenvalue weighted by Gasteiger charge is -2.29. The molecular formula is C18H20F3NO3. The molecular weight excluding hydrogens is 335 g/mol. The molecule has 1 amide bonds. The third kappa shape index (κ3) is 3.60. The minimum atomic E-state index is -4.46. The van der Waals surface area contributed by atoms with Gasteiger partial charge in [0.15, 0.2) is 5.76 Å². The van der Waals surface area contributed by atoms with Gasteiger partial charge >= 0.3 is 6.18 Å². The number of halogens is 3. The Labute approximate surface area is 143 Å². The molecule has 0 N–H and O–H groups in total. The third-order valence-electron chi connectivity index (χ3n) is 4.74. The molecule has 0 spiro atoms. The Morgan fingerprint density at radius 1 is 1.40 bits per heavy atom. The van der Waals surface area contributed by atoms with E-state index < -0.39 is 24.7 Å². The zero-order valence-electron chi connectivity index (χ0n) is 14.3. The Morgan fingerprint density at radius 2 is 2.08 bits per heavy atom. The number of amides is 1. The van der Waals surface area contributed by atoms with Crippen molar-refractivity contribution in [3.05, 3.63) is 29.5 Å². The van der Waals surface area contributed by atoms with Gasteiger partial charge in [-0.3, -0.25) is 4.79 Å². The first kappa shape index (κ1) is 17.6. The lowest BCUT2D eigenvalue weighted by Crippen LogP contribution is -2.45. The molecule has 1 saturated carbocycles. The number of carbonyl (C=O) groups is 1. The predicted molar refractivity (Wildman–Crippen MR) is 86.8 cm³/mol. The van der Waals surface area contributed by atoms with Crippen LogP contribution in [-0.4, -0.2) is 36.7 Å². The number of alkyl halides is 3. The average Bonchev–Trinajstić information content (AvgIpc) is 3.35. The molecule has 1 aromatic carbocycles. The Hall–Kier alpha value is -2.18. The molecule has 7 heteroatoms. The number of rotatable bonds is 5. The van der Waals surface area contributed by atoms with Crippen LogP contribution in [-0.2, 0) is 0 Å². The number of fused-ring (bicyclic) bond motifs is 1. The number of aryl methyl sites for hydroxylation is 1. The molecule has 25 heavy (non-hydrogen) atoms. The standard InChI is InChI=1S/C18H20F3NO3/c1-10-14-8-13(24-3)6-7-15(14)25-16(10)17(23)22(9-18(19,20)21)11(2)12-4-5-12/h6-8,11-12H,4-5,9H2,1-3H3/t11-/m0/s1. The number of hydrogen-bond donors (Lipinski definition) is 0. The molecule has 1 aliphatic carbocycles. The summed E-state index contributed by atoms with van der Waals surface area (Å²) in [4.78, 5) is 13.7. The first-order chi connectivity index (χ1) is 11.7. The Morgan fingerprint density at radius 3 is 2.64 bits per heavy atom. The van der Waals surface area contributed by atoms with E-state index in [0.29, 0.717) is 22.3 Å². The van der Waals surface area contributed by atoms with Crippen LogP contribution in [0.25, 0.3) is 11.0 Å². The van der Waals surface area contributed by atoms with E-state index in [1.165, 1.54) is 7.11 Å². The number of benzene rings is 1. The Balaban J connectivity index is 1.98. The molecule has 4 nitrogen and oxygen atoms in total. The number of hydrogen-bond acceptors (Lipinski definition) is 3. The van der Waals surface area contributed by atoms with Gasteiger partial charge in [-0.2, -0.15) is 13.2 Å². The van der Waals surface area contributed by atoms with Crippen LogP contribution in [0.15, 0.2) is 22.6 Å². The molecule has 1 aromatic heterocycles. The normalized spacial score (nSPS) is 16.1.